The van der Waals surface area contributed by atoms with E-state index in [-0.39, 0.29) is 6.61 Å². The average Bonchev–Trinajstić information content (AvgIpc) is 3.15. The molecule has 0 atom stereocenters. The van der Waals surface area contributed by atoms with Gasteiger partial charge in [-0.3, -0.25) is 0 Å². The Hall–Kier alpha value is -2.78. The van der Waals surface area contributed by atoms with Gasteiger partial charge >= 0.3 is 0 Å². The third kappa shape index (κ3) is 4.94. The first kappa shape index (κ1) is 21.5. The number of fused-ring (bicyclic) bond motifs is 1. The molecule has 0 fully saturated rings. The molecule has 0 bridgehead atoms. The molecule has 0 radical (unpaired) electrons. The van der Waals surface area contributed by atoms with Crippen LogP contribution in [0.4, 0.5) is 0 Å². The van der Waals surface area contributed by atoms with Crippen LogP contribution in [0.2, 0.25) is 10.0 Å². The number of aromatic amines is 1. The molecule has 0 aliphatic carbocycles. The maximum Gasteiger partial charge on any atom is 0.149 e. The van der Waals surface area contributed by atoms with Gasteiger partial charge in [0.25, 0.3) is 0 Å². The highest BCUT2D eigenvalue weighted by atomic mass is 79.9. The number of ether oxygens (including phenoxy) is 1. The summed E-state index contributed by atoms with van der Waals surface area (Å²) in [5.74, 6) is 1.13. The lowest BCUT2D eigenvalue weighted by Gasteiger charge is -2.11. The van der Waals surface area contributed by atoms with Crippen molar-refractivity contribution in [2.75, 3.05) is 0 Å². The van der Waals surface area contributed by atoms with Crippen LogP contribution >= 0.6 is 39.1 Å². The second-order valence-electron chi connectivity index (χ2n) is 6.98. The first-order chi connectivity index (χ1) is 14.9. The lowest BCUT2D eigenvalue weighted by Crippen LogP contribution is -1.98. The minimum atomic E-state index is 0.268. The van der Waals surface area contributed by atoms with Crippen molar-refractivity contribution in [1.29, 1.82) is 5.26 Å². The molecule has 1 heterocycles. The van der Waals surface area contributed by atoms with Crippen molar-refractivity contribution in [1.82, 2.24) is 9.97 Å². The number of hydrogen-bond acceptors (Lipinski definition) is 3. The molecule has 154 valence electrons. The first-order valence-corrected chi connectivity index (χ1v) is 10.9. The molecular formula is C24H16BrCl2N3O. The van der Waals surface area contributed by atoms with Crippen molar-refractivity contribution < 1.29 is 4.74 Å². The van der Waals surface area contributed by atoms with Gasteiger partial charge in [0.1, 0.15) is 24.3 Å². The SMILES string of the molecule is Cc1ccc2nc(/C(C#N)=C\c3cc(Br)ccc3OCc3ccc(Cl)cc3Cl)[nH]c2c1. The number of aryl methyl sites for hydroxylation is 1. The Bertz CT molecular complexity index is 1350. The van der Waals surface area contributed by atoms with Crippen LogP contribution in [0.5, 0.6) is 5.75 Å². The number of hydrogen-bond donors (Lipinski definition) is 1. The maximum absolute atomic E-state index is 9.79. The van der Waals surface area contributed by atoms with E-state index >= 15 is 0 Å². The molecule has 3 aromatic carbocycles. The number of benzene rings is 3. The molecule has 0 amide bonds. The van der Waals surface area contributed by atoms with Gasteiger partial charge < -0.3 is 9.72 Å². The van der Waals surface area contributed by atoms with Gasteiger partial charge in [-0.1, -0.05) is 51.3 Å². The number of nitriles is 1. The van der Waals surface area contributed by atoms with E-state index in [0.717, 1.165) is 32.2 Å². The fourth-order valence-electron chi connectivity index (χ4n) is 3.12. The summed E-state index contributed by atoms with van der Waals surface area (Å²) in [7, 11) is 0. The number of H-pyrrole nitrogens is 1. The van der Waals surface area contributed by atoms with Gasteiger partial charge in [-0.05, 0) is 61.0 Å². The number of rotatable bonds is 5. The average molecular weight is 513 g/mol. The summed E-state index contributed by atoms with van der Waals surface area (Å²) >= 11 is 15.7. The summed E-state index contributed by atoms with van der Waals surface area (Å²) in [5, 5.41) is 10.9. The Labute approximate surface area is 198 Å². The number of nitrogens with zero attached hydrogens (tertiary/aromatic N) is 2. The fraction of sp³-hybridized carbons (Fsp3) is 0.0833. The summed E-state index contributed by atoms with van der Waals surface area (Å²) in [4.78, 5) is 7.79. The normalized spacial score (nSPS) is 11.5. The van der Waals surface area contributed by atoms with E-state index in [0.29, 0.717) is 27.2 Å². The molecule has 0 saturated carbocycles. The first-order valence-electron chi connectivity index (χ1n) is 9.38. The molecule has 4 nitrogen and oxygen atoms in total. The number of allylic oxidation sites excluding steroid dienone is 1. The summed E-state index contributed by atoms with van der Waals surface area (Å²) in [6.45, 7) is 2.28. The zero-order valence-corrected chi connectivity index (χ0v) is 19.5. The van der Waals surface area contributed by atoms with Crippen molar-refractivity contribution in [2.45, 2.75) is 13.5 Å². The summed E-state index contributed by atoms with van der Waals surface area (Å²) < 4.78 is 6.89. The van der Waals surface area contributed by atoms with Crippen LogP contribution in [-0.2, 0) is 6.61 Å². The van der Waals surface area contributed by atoms with Gasteiger partial charge in [0.05, 0.1) is 16.6 Å². The van der Waals surface area contributed by atoms with Crippen molar-refractivity contribution in [3.05, 3.63) is 91.6 Å². The Kier molecular flexibility index (Phi) is 6.33. The fourth-order valence-corrected chi connectivity index (χ4v) is 3.96. The predicted molar refractivity (Wildman–Crippen MR) is 129 cm³/mol. The smallest absolute Gasteiger partial charge is 0.149 e. The second-order valence-corrected chi connectivity index (χ2v) is 8.74. The highest BCUT2D eigenvalue weighted by molar-refractivity contribution is 9.10. The van der Waals surface area contributed by atoms with E-state index < -0.39 is 0 Å². The zero-order chi connectivity index (χ0) is 22.0. The molecule has 0 saturated heterocycles. The largest absolute Gasteiger partial charge is 0.488 e. The molecule has 4 aromatic rings. The van der Waals surface area contributed by atoms with Gasteiger partial charge in [-0.2, -0.15) is 5.26 Å². The van der Waals surface area contributed by atoms with Gasteiger partial charge in [-0.25, -0.2) is 4.98 Å². The lowest BCUT2D eigenvalue weighted by molar-refractivity contribution is 0.305. The molecule has 4 rings (SSSR count). The van der Waals surface area contributed by atoms with E-state index in [2.05, 4.69) is 32.0 Å². The van der Waals surface area contributed by atoms with Gasteiger partial charge in [0, 0.05) is 25.6 Å². The van der Waals surface area contributed by atoms with E-state index in [1.807, 2.05) is 49.4 Å². The number of imidazole rings is 1. The maximum atomic E-state index is 9.79. The van der Waals surface area contributed by atoms with Crippen molar-refractivity contribution >= 4 is 61.8 Å². The van der Waals surface area contributed by atoms with Gasteiger partial charge in [0.2, 0.25) is 0 Å². The van der Waals surface area contributed by atoms with E-state index in [4.69, 9.17) is 27.9 Å². The van der Waals surface area contributed by atoms with Crippen LogP contribution in [0.15, 0.2) is 59.1 Å². The molecule has 0 aliphatic rings. The molecule has 0 unspecified atom stereocenters. The predicted octanol–water partition coefficient (Wildman–Crippen LogP) is 7.58. The topological polar surface area (TPSA) is 61.7 Å². The van der Waals surface area contributed by atoms with Crippen molar-refractivity contribution in [3.63, 3.8) is 0 Å². The molecule has 1 aromatic heterocycles. The van der Waals surface area contributed by atoms with Gasteiger partial charge in [0.15, 0.2) is 0 Å². The monoisotopic (exact) mass is 511 g/mol. The molecule has 0 aliphatic heterocycles. The number of halogens is 3. The Morgan fingerprint density at radius 3 is 2.77 bits per heavy atom. The third-order valence-corrected chi connectivity index (χ3v) is 5.76. The third-order valence-electron chi connectivity index (χ3n) is 4.68. The van der Waals surface area contributed by atoms with Crippen LogP contribution in [-0.4, -0.2) is 9.97 Å². The summed E-state index contributed by atoms with van der Waals surface area (Å²) in [5.41, 5.74) is 4.78. The van der Waals surface area contributed by atoms with E-state index in [1.54, 1.807) is 18.2 Å². The summed E-state index contributed by atoms with van der Waals surface area (Å²) in [6, 6.07) is 19.1. The summed E-state index contributed by atoms with van der Waals surface area (Å²) in [6.07, 6.45) is 1.76. The lowest BCUT2D eigenvalue weighted by atomic mass is 10.1. The van der Waals surface area contributed by atoms with Crippen LogP contribution in [0.25, 0.3) is 22.7 Å². The van der Waals surface area contributed by atoms with Gasteiger partial charge in [-0.15, -0.1) is 0 Å². The molecule has 7 heteroatoms. The molecule has 1 N–H and O–H groups in total. The molecule has 31 heavy (non-hydrogen) atoms. The van der Waals surface area contributed by atoms with Crippen LogP contribution < -0.4 is 4.74 Å². The minimum Gasteiger partial charge on any atom is -0.488 e. The number of aromatic nitrogens is 2. The second kappa shape index (κ2) is 9.15. The Morgan fingerprint density at radius 1 is 1.16 bits per heavy atom. The highest BCUT2D eigenvalue weighted by Crippen LogP contribution is 2.30. The van der Waals surface area contributed by atoms with E-state index in [9.17, 15) is 5.26 Å². The van der Waals surface area contributed by atoms with E-state index in [1.165, 1.54) is 0 Å². The highest BCUT2D eigenvalue weighted by Gasteiger charge is 2.11. The van der Waals surface area contributed by atoms with Crippen LogP contribution in [0.1, 0.15) is 22.5 Å². The van der Waals surface area contributed by atoms with Crippen LogP contribution in [0, 0.1) is 18.3 Å². The minimum absolute atomic E-state index is 0.268. The number of nitrogens with one attached hydrogen (secondary N) is 1. The van der Waals surface area contributed by atoms with Crippen molar-refractivity contribution in [3.8, 4) is 11.8 Å². The van der Waals surface area contributed by atoms with Crippen LogP contribution in [0.3, 0.4) is 0 Å². The standard InChI is InChI=1S/C24H16BrCl2N3O/c1-14-2-6-21-22(8-14)30-24(29-21)17(12-28)9-16-10-18(25)4-7-23(16)31-13-15-3-5-19(26)11-20(15)27/h2-11H,13H2,1H3,(H,29,30)/b17-9-. The van der Waals surface area contributed by atoms with Crippen molar-refractivity contribution in [2.24, 2.45) is 0 Å². The zero-order valence-electron chi connectivity index (χ0n) is 16.4. The molecular weight excluding hydrogens is 497 g/mol. The quantitative estimate of drug-likeness (QED) is 0.280. The Morgan fingerprint density at radius 2 is 2.00 bits per heavy atom. The molecule has 0 spiro atoms. The Balaban J connectivity index is 1.68.